The summed E-state index contributed by atoms with van der Waals surface area (Å²) in [6.07, 6.45) is 4.95. The third kappa shape index (κ3) is 1.37. The summed E-state index contributed by atoms with van der Waals surface area (Å²) in [6, 6.07) is 0.408. The molecular formula is C11H13NO5S. The lowest BCUT2D eigenvalue weighted by atomic mass is 9.59. The molecule has 1 N–H and O–H groups in total. The number of carboxylic acid groups (broad SMARTS) is 1. The Bertz CT molecular complexity index is 573. The van der Waals surface area contributed by atoms with Crippen molar-refractivity contribution in [2.24, 2.45) is 5.41 Å². The van der Waals surface area contributed by atoms with Crippen molar-refractivity contribution >= 4 is 16.0 Å². The lowest BCUT2D eigenvalue weighted by Gasteiger charge is -2.59. The minimum Gasteiger partial charge on any atom is -0.480 e. The quantitative estimate of drug-likeness (QED) is 0.882. The largest absolute Gasteiger partial charge is 0.480 e. The van der Waals surface area contributed by atoms with Crippen LogP contribution in [0.25, 0.3) is 0 Å². The Morgan fingerprint density at radius 2 is 2.22 bits per heavy atom. The fourth-order valence-corrected chi connectivity index (χ4v) is 4.58. The summed E-state index contributed by atoms with van der Waals surface area (Å²) in [6.45, 7) is 0.303. The number of sulfonamides is 1. The fourth-order valence-electron chi connectivity index (χ4n) is 2.89. The minimum absolute atomic E-state index is 0.0166. The van der Waals surface area contributed by atoms with Gasteiger partial charge in [0.1, 0.15) is 17.2 Å². The van der Waals surface area contributed by atoms with Crippen LogP contribution in [-0.2, 0) is 14.8 Å². The van der Waals surface area contributed by atoms with Crippen LogP contribution >= 0.6 is 0 Å². The van der Waals surface area contributed by atoms with E-state index in [9.17, 15) is 18.3 Å². The molecule has 1 saturated heterocycles. The molecule has 0 bridgehead atoms. The monoisotopic (exact) mass is 271 g/mol. The summed E-state index contributed by atoms with van der Waals surface area (Å²) < 4.78 is 30.3. The molecule has 2 aliphatic rings. The molecule has 1 saturated carbocycles. The second-order valence-corrected chi connectivity index (χ2v) is 6.86. The van der Waals surface area contributed by atoms with Crippen LogP contribution in [-0.4, -0.2) is 36.4 Å². The van der Waals surface area contributed by atoms with Crippen LogP contribution in [0.4, 0.5) is 0 Å². The average Bonchev–Trinajstić information content (AvgIpc) is 2.64. The average molecular weight is 271 g/mol. The van der Waals surface area contributed by atoms with E-state index in [4.69, 9.17) is 4.42 Å². The van der Waals surface area contributed by atoms with Crippen LogP contribution in [0.5, 0.6) is 0 Å². The van der Waals surface area contributed by atoms with E-state index < -0.39 is 22.0 Å². The highest BCUT2D eigenvalue weighted by atomic mass is 32.2. The van der Waals surface area contributed by atoms with Gasteiger partial charge in [-0.05, 0) is 18.9 Å². The smallest absolute Gasteiger partial charge is 0.322 e. The fraction of sp³-hybridized carbons (Fsp3) is 0.545. The summed E-state index contributed by atoms with van der Waals surface area (Å²) in [5, 5.41) is 9.24. The number of nitrogens with zero attached hydrogens (tertiary/aromatic N) is 1. The van der Waals surface area contributed by atoms with E-state index in [1.54, 1.807) is 0 Å². The van der Waals surface area contributed by atoms with Gasteiger partial charge in [0.15, 0.2) is 0 Å². The van der Waals surface area contributed by atoms with Crippen LogP contribution < -0.4 is 0 Å². The van der Waals surface area contributed by atoms with Crippen LogP contribution in [0.15, 0.2) is 27.9 Å². The summed E-state index contributed by atoms with van der Waals surface area (Å²) in [4.78, 5) is 11.3. The zero-order chi connectivity index (χ0) is 13.0. The number of furan rings is 1. The van der Waals surface area contributed by atoms with Crippen LogP contribution in [0.1, 0.15) is 19.3 Å². The van der Waals surface area contributed by atoms with Crippen molar-refractivity contribution in [3.8, 4) is 0 Å². The van der Waals surface area contributed by atoms with Crippen molar-refractivity contribution in [2.75, 3.05) is 6.54 Å². The predicted octanol–water partition coefficient (Wildman–Crippen LogP) is 0.907. The van der Waals surface area contributed by atoms with E-state index in [-0.39, 0.29) is 10.3 Å². The van der Waals surface area contributed by atoms with Gasteiger partial charge in [0, 0.05) is 12.0 Å². The molecule has 7 heteroatoms. The molecule has 18 heavy (non-hydrogen) atoms. The van der Waals surface area contributed by atoms with Crippen LogP contribution in [0.2, 0.25) is 0 Å². The van der Waals surface area contributed by atoms with E-state index >= 15 is 0 Å². The maximum Gasteiger partial charge on any atom is 0.322 e. The molecule has 1 aromatic rings. The summed E-state index contributed by atoms with van der Waals surface area (Å²) in [5.74, 6) is -1.06. The van der Waals surface area contributed by atoms with Gasteiger partial charge in [-0.1, -0.05) is 6.42 Å². The molecule has 1 aliphatic heterocycles. The van der Waals surface area contributed by atoms with E-state index in [1.165, 1.54) is 12.3 Å². The Hall–Kier alpha value is -1.34. The second kappa shape index (κ2) is 3.58. The standard InChI is InChI=1S/C11H13NO5S/c13-10(14)9-11(3-1-4-11)7-12(9)18(15,16)8-2-5-17-6-8/h2,5-6,9H,1,3-4,7H2,(H,13,14). The molecule has 6 nitrogen and oxygen atoms in total. The Labute approximate surface area is 104 Å². The zero-order valence-electron chi connectivity index (χ0n) is 9.57. The second-order valence-electron chi connectivity index (χ2n) is 4.97. The Morgan fingerprint density at radius 1 is 1.50 bits per heavy atom. The van der Waals surface area contributed by atoms with Gasteiger partial charge < -0.3 is 9.52 Å². The third-order valence-corrected chi connectivity index (χ3v) is 5.81. The van der Waals surface area contributed by atoms with Gasteiger partial charge in [0.2, 0.25) is 10.0 Å². The molecule has 98 valence electrons. The van der Waals surface area contributed by atoms with Gasteiger partial charge in [0.25, 0.3) is 0 Å². The Balaban J connectivity index is 1.92. The van der Waals surface area contributed by atoms with Crippen molar-refractivity contribution in [1.29, 1.82) is 0 Å². The Morgan fingerprint density at radius 3 is 2.67 bits per heavy atom. The van der Waals surface area contributed by atoms with E-state index in [1.807, 2.05) is 0 Å². The van der Waals surface area contributed by atoms with Crippen molar-refractivity contribution in [2.45, 2.75) is 30.2 Å². The van der Waals surface area contributed by atoms with Gasteiger partial charge in [-0.2, -0.15) is 4.31 Å². The number of rotatable bonds is 3. The highest BCUT2D eigenvalue weighted by molar-refractivity contribution is 7.89. The first-order valence-corrected chi connectivity index (χ1v) is 7.18. The molecule has 3 rings (SSSR count). The highest BCUT2D eigenvalue weighted by Crippen LogP contribution is 2.54. The number of carbonyl (C=O) groups is 1. The SMILES string of the molecule is O=C(O)C1N(S(=O)(=O)c2ccoc2)CC12CCC2. The van der Waals surface area contributed by atoms with Gasteiger partial charge in [-0.3, -0.25) is 4.79 Å². The molecule has 1 spiro atoms. The molecule has 0 aromatic carbocycles. The van der Waals surface area contributed by atoms with Crippen molar-refractivity contribution in [1.82, 2.24) is 4.31 Å². The first kappa shape index (κ1) is 11.7. The lowest BCUT2D eigenvalue weighted by molar-refractivity contribution is -0.164. The van der Waals surface area contributed by atoms with Crippen LogP contribution in [0, 0.1) is 5.41 Å². The first-order valence-electron chi connectivity index (χ1n) is 5.74. The summed E-state index contributed by atoms with van der Waals surface area (Å²) >= 11 is 0. The first-order chi connectivity index (χ1) is 8.47. The van der Waals surface area contributed by atoms with Crippen LogP contribution in [0.3, 0.4) is 0 Å². The summed E-state index contributed by atoms with van der Waals surface area (Å²) in [7, 11) is -3.74. The number of carboxylic acids is 1. The number of hydrogen-bond acceptors (Lipinski definition) is 4. The summed E-state index contributed by atoms with van der Waals surface area (Å²) in [5.41, 5.74) is -0.331. The maximum absolute atomic E-state index is 12.2. The van der Waals surface area contributed by atoms with E-state index in [0.717, 1.165) is 29.8 Å². The van der Waals surface area contributed by atoms with Gasteiger partial charge in [-0.25, -0.2) is 8.42 Å². The molecule has 1 aliphatic carbocycles. The third-order valence-electron chi connectivity index (χ3n) is 4.02. The molecule has 0 radical (unpaired) electrons. The van der Waals surface area contributed by atoms with Gasteiger partial charge in [0.05, 0.1) is 6.26 Å². The molecular weight excluding hydrogens is 258 g/mol. The van der Waals surface area contributed by atoms with Gasteiger partial charge in [-0.15, -0.1) is 0 Å². The molecule has 2 heterocycles. The lowest BCUT2D eigenvalue weighted by Crippen LogP contribution is -2.71. The van der Waals surface area contributed by atoms with Crippen molar-refractivity contribution in [3.63, 3.8) is 0 Å². The van der Waals surface area contributed by atoms with Crippen molar-refractivity contribution in [3.05, 3.63) is 18.6 Å². The Kier molecular flexibility index (Phi) is 2.33. The molecule has 1 atom stereocenters. The maximum atomic E-state index is 12.2. The van der Waals surface area contributed by atoms with Crippen molar-refractivity contribution < 1.29 is 22.7 Å². The van der Waals surface area contributed by atoms with Gasteiger partial charge >= 0.3 is 5.97 Å². The van der Waals surface area contributed by atoms with E-state index in [2.05, 4.69) is 0 Å². The molecule has 1 aromatic heterocycles. The number of hydrogen-bond donors (Lipinski definition) is 1. The minimum atomic E-state index is -3.74. The topological polar surface area (TPSA) is 87.8 Å². The predicted molar refractivity (Wildman–Crippen MR) is 60.3 cm³/mol. The molecule has 2 fully saturated rings. The number of aliphatic carboxylic acids is 1. The zero-order valence-corrected chi connectivity index (χ0v) is 10.4. The van der Waals surface area contributed by atoms with E-state index in [0.29, 0.717) is 6.54 Å². The normalized spacial score (nSPS) is 26.6. The molecule has 0 amide bonds. The molecule has 1 unspecified atom stereocenters. The highest BCUT2D eigenvalue weighted by Gasteiger charge is 2.63.